The van der Waals surface area contributed by atoms with Gasteiger partial charge in [0.05, 0.1) is 20.0 Å². The quantitative estimate of drug-likeness (QED) is 0.121. The molecule has 0 bridgehead atoms. The molecule has 578 valence electrons. The van der Waals surface area contributed by atoms with Crippen LogP contribution in [-0.2, 0) is 46.4 Å². The maximum absolute atomic E-state index is 12.2. The number of hydrogen-bond acceptors (Lipinski definition) is 8. The van der Waals surface area contributed by atoms with Crippen LogP contribution in [0.15, 0.2) is 197 Å². The van der Waals surface area contributed by atoms with Crippen LogP contribution in [-0.4, -0.2) is 46.2 Å². The van der Waals surface area contributed by atoms with Gasteiger partial charge in [-0.05, 0) is 345 Å². The van der Waals surface area contributed by atoms with Crippen LogP contribution in [0, 0.1) is 57.2 Å². The van der Waals surface area contributed by atoms with Crippen LogP contribution in [0.2, 0.25) is 0 Å². The lowest BCUT2D eigenvalue weighted by atomic mass is 9.54. The highest BCUT2D eigenvalue weighted by Crippen LogP contribution is 2.66. The van der Waals surface area contributed by atoms with Crippen molar-refractivity contribution in [3.63, 3.8) is 0 Å². The summed E-state index contributed by atoms with van der Waals surface area (Å²) in [6, 6.07) is 41.4. The molecule has 0 saturated heterocycles. The van der Waals surface area contributed by atoms with Crippen LogP contribution >= 0.6 is 0 Å². The van der Waals surface area contributed by atoms with Gasteiger partial charge in [0.1, 0.15) is 40.3 Å². The number of Topliss-reactive ketones (excluding diaryl/α,β-unsaturated/α-hetero) is 2. The van der Waals surface area contributed by atoms with E-state index in [2.05, 4.69) is 114 Å². The van der Waals surface area contributed by atoms with Gasteiger partial charge in [0, 0.05) is 36.0 Å². The maximum Gasteiger partial charge on any atom is 0.139 e. The molecule has 0 aromatic heterocycles. The molecule has 7 aromatic carbocycles. The van der Waals surface area contributed by atoms with Crippen molar-refractivity contribution in [3.05, 3.63) is 242 Å². The molecular weight excluding hydrogens is 1350 g/mol. The first-order valence-corrected chi connectivity index (χ1v) is 42.7. The summed E-state index contributed by atoms with van der Waals surface area (Å²) in [5.74, 6) is 11.2. The van der Waals surface area contributed by atoms with Gasteiger partial charge >= 0.3 is 0 Å². The molecule has 13 aliphatic rings. The second kappa shape index (κ2) is 32.4. The number of rotatable bonds is 6. The Labute approximate surface area is 656 Å². The van der Waals surface area contributed by atoms with E-state index in [1.807, 2.05) is 78.9 Å². The normalized spacial score (nSPS) is 30.6. The van der Waals surface area contributed by atoms with E-state index in [1.165, 1.54) is 159 Å². The molecule has 7 fully saturated rings. The fourth-order valence-electron chi connectivity index (χ4n) is 24.3. The molecule has 7 saturated carbocycles. The molecular formula is C102H122O8. The number of unbranched alkanes of at least 4 members (excludes halogenated alkanes) is 2. The first kappa shape index (κ1) is 77.0. The Kier molecular flexibility index (Phi) is 22.7. The van der Waals surface area contributed by atoms with E-state index in [0.717, 1.165) is 134 Å². The largest absolute Gasteiger partial charge is 0.508 e. The number of phenolic OH excluding ortho intramolecular Hbond substituents is 4. The van der Waals surface area contributed by atoms with E-state index in [-0.39, 0.29) is 10.8 Å². The van der Waals surface area contributed by atoms with Crippen LogP contribution in [0.3, 0.4) is 0 Å². The molecule has 8 nitrogen and oxygen atoms in total. The Morgan fingerprint density at radius 2 is 1.03 bits per heavy atom. The van der Waals surface area contributed by atoms with Gasteiger partial charge in [-0.2, -0.15) is 0 Å². The van der Waals surface area contributed by atoms with E-state index >= 15 is 0 Å². The van der Waals surface area contributed by atoms with Crippen LogP contribution in [0.1, 0.15) is 258 Å². The summed E-state index contributed by atoms with van der Waals surface area (Å²) < 4.78 is 11.0. The predicted octanol–water partition coefficient (Wildman–Crippen LogP) is 25.1. The number of benzene rings is 7. The molecule has 4 N–H and O–H groups in total. The second-order valence-corrected chi connectivity index (χ2v) is 36.0. The number of allylic oxidation sites excluding steroid dienone is 11. The summed E-state index contributed by atoms with van der Waals surface area (Å²) in [4.78, 5) is 24.4. The van der Waals surface area contributed by atoms with Gasteiger partial charge in [-0.15, -0.1) is 0 Å². The van der Waals surface area contributed by atoms with Gasteiger partial charge in [0.15, 0.2) is 0 Å². The van der Waals surface area contributed by atoms with Crippen molar-refractivity contribution in [3.8, 4) is 28.7 Å². The van der Waals surface area contributed by atoms with E-state index in [9.17, 15) is 19.8 Å². The lowest BCUT2D eigenvalue weighted by Gasteiger charge is -2.51. The highest BCUT2D eigenvalue weighted by atomic mass is 16.5. The lowest BCUT2D eigenvalue weighted by Crippen LogP contribution is -2.41. The fraction of sp³-hybridized carbons (Fsp3) is 0.490. The topological polar surface area (TPSA) is 134 Å². The third kappa shape index (κ3) is 14.8. The minimum atomic E-state index is -0.141. The summed E-state index contributed by atoms with van der Waals surface area (Å²) in [5.41, 5.74) is 20.6. The zero-order chi connectivity index (χ0) is 76.6. The molecule has 20 rings (SSSR count). The Balaban J connectivity index is 0.000000107. The van der Waals surface area contributed by atoms with Crippen LogP contribution < -0.4 is 4.74 Å². The number of aryl methyl sites for hydroxylation is 2. The monoisotopic (exact) mass is 1470 g/mol. The lowest BCUT2D eigenvalue weighted by molar-refractivity contribution is -0.127. The van der Waals surface area contributed by atoms with Crippen molar-refractivity contribution < 1.29 is 39.5 Å². The SMILES string of the molecule is CCC/C=C1/CCC2C3CCC4=C(CC=C(OC)C4)C3CC[C@]12C.CCC/C=C1/CCC2C3CCc4cc(OC)ccc4C3CC[C@]12C.C[C@]12CCC3C(=CCc4cc(O)ccc43)C1CCC2=O.C[C@]12CCc3c(ccc4cc(O)ccc34)C1CCC2=O.Oc1ccc2c(c1)CC=CC2.Oc1ccc2ccccc2c1. The van der Waals surface area contributed by atoms with Crippen LogP contribution in [0.4, 0.5) is 0 Å². The number of phenols is 4. The Bertz CT molecular complexity index is 4800. The molecule has 0 spiro atoms. The molecule has 13 atom stereocenters. The summed E-state index contributed by atoms with van der Waals surface area (Å²) in [5, 5.41) is 42.1. The molecule has 8 heteroatoms. The molecule has 0 aliphatic heterocycles. The molecule has 13 aliphatic carbocycles. The third-order valence-corrected chi connectivity index (χ3v) is 30.4. The van der Waals surface area contributed by atoms with Gasteiger partial charge < -0.3 is 29.9 Å². The summed E-state index contributed by atoms with van der Waals surface area (Å²) in [6.45, 7) is 14.1. The zero-order valence-electron chi connectivity index (χ0n) is 67.2. The fourth-order valence-corrected chi connectivity index (χ4v) is 24.3. The van der Waals surface area contributed by atoms with Crippen LogP contribution in [0.5, 0.6) is 28.7 Å². The second-order valence-electron chi connectivity index (χ2n) is 36.0. The first-order valence-electron chi connectivity index (χ1n) is 42.7. The van der Waals surface area contributed by atoms with Crippen molar-refractivity contribution in [1.82, 2.24) is 0 Å². The Hall–Kier alpha value is -8.36. The molecule has 110 heavy (non-hydrogen) atoms. The van der Waals surface area contributed by atoms with E-state index in [1.54, 1.807) is 59.7 Å². The first-order chi connectivity index (χ1) is 53.2. The molecule has 0 heterocycles. The van der Waals surface area contributed by atoms with Gasteiger partial charge in [-0.1, -0.05) is 179 Å². The van der Waals surface area contributed by atoms with E-state index in [0.29, 0.717) is 63.1 Å². The Morgan fingerprint density at radius 3 is 1.74 bits per heavy atom. The van der Waals surface area contributed by atoms with Crippen molar-refractivity contribution in [2.24, 2.45) is 57.2 Å². The van der Waals surface area contributed by atoms with Crippen molar-refractivity contribution in [2.45, 2.75) is 245 Å². The number of ether oxygens (including phenoxy) is 2. The zero-order valence-corrected chi connectivity index (χ0v) is 67.2. The molecule has 7 aromatic rings. The van der Waals surface area contributed by atoms with Crippen LogP contribution in [0.25, 0.3) is 21.5 Å². The average molecular weight is 1480 g/mol. The number of aromatic hydroxyl groups is 4. The van der Waals surface area contributed by atoms with Gasteiger partial charge in [-0.3, -0.25) is 9.59 Å². The standard InChI is InChI=1S/C23H34O.C23H32O.C18H20O2.C18H18O2.C10H10O.C10H8O/c2*1-4-5-6-17-8-12-22-21-10-7-16-15-18(24-3)9-11-19(16)20(21)13-14-23(17,22)2;2*1-18-9-8-14-13-5-3-12(19)10-11(13)2-4-15(14)16(18)6-7-17(18)20;2*11-10-6-5-8-3-1-2-4-9(8)7-10/h6,9,20-22H,4-5,7-8,10-15H2,1-3H3;6,9,11,15,20-22H,4-5,7-8,10,12-14H2,1-3H3;3-5,10,14,16,19H,2,6-9H2,1H3;2-5,10,16,19H,6-9H2,1H3;1-2,5-7,11H,3-4H2;1-7,11H/b2*17-6-;;;;/t2*20?,21?,22?,23-;14?,16?,18-;16?,18-;;/m1100../s1. The van der Waals surface area contributed by atoms with E-state index in [4.69, 9.17) is 19.7 Å². The highest BCUT2D eigenvalue weighted by molar-refractivity contribution is 5.92. The van der Waals surface area contributed by atoms with E-state index < -0.39 is 0 Å². The van der Waals surface area contributed by atoms with Gasteiger partial charge in [0.25, 0.3) is 0 Å². The number of carbonyl (C=O) groups is 2. The smallest absolute Gasteiger partial charge is 0.139 e. The summed E-state index contributed by atoms with van der Waals surface area (Å²) in [6.07, 6.45) is 48.6. The van der Waals surface area contributed by atoms with Crippen molar-refractivity contribution in [1.29, 1.82) is 0 Å². The number of hydrogen-bond donors (Lipinski definition) is 4. The third-order valence-electron chi connectivity index (χ3n) is 30.4. The number of ketones is 2. The number of carbonyl (C=O) groups excluding carboxylic acids is 2. The number of methoxy groups -OCH3 is 2. The minimum Gasteiger partial charge on any atom is -0.508 e. The van der Waals surface area contributed by atoms with Gasteiger partial charge in [0.2, 0.25) is 0 Å². The maximum atomic E-state index is 12.2. The average Bonchev–Trinajstić information content (AvgIpc) is 1.49. The summed E-state index contributed by atoms with van der Waals surface area (Å²) in [7, 11) is 3.61. The minimum absolute atomic E-state index is 0.100. The Morgan fingerprint density at radius 1 is 0.445 bits per heavy atom. The highest BCUT2D eigenvalue weighted by Gasteiger charge is 2.56. The molecule has 9 unspecified atom stereocenters. The number of fused-ring (bicyclic) bond motifs is 21. The summed E-state index contributed by atoms with van der Waals surface area (Å²) >= 11 is 0. The van der Waals surface area contributed by atoms with Gasteiger partial charge in [-0.25, -0.2) is 0 Å². The molecule has 0 radical (unpaired) electrons. The molecule has 0 amide bonds. The van der Waals surface area contributed by atoms with Crippen molar-refractivity contribution >= 4 is 33.1 Å². The van der Waals surface area contributed by atoms with Crippen molar-refractivity contribution in [2.75, 3.05) is 14.2 Å². The predicted molar refractivity (Wildman–Crippen MR) is 448 cm³/mol.